The Morgan fingerprint density at radius 2 is 1.77 bits per heavy atom. The first kappa shape index (κ1) is 43.1. The lowest BCUT2D eigenvalue weighted by Crippen LogP contribution is -2.65. The summed E-state index contributed by atoms with van der Waals surface area (Å²) in [7, 11) is -2.29. The Morgan fingerprint density at radius 3 is 2.48 bits per heavy atom. The van der Waals surface area contributed by atoms with Crippen LogP contribution in [0, 0.1) is 29.0 Å². The van der Waals surface area contributed by atoms with Crippen molar-refractivity contribution in [2.24, 2.45) is 5.92 Å². The van der Waals surface area contributed by atoms with Gasteiger partial charge in [0.1, 0.15) is 54.6 Å². The Morgan fingerprint density at radius 1 is 1.02 bits per heavy atom. The molecule has 7 heterocycles. The highest BCUT2D eigenvalue weighted by Crippen LogP contribution is 2.58. The zero-order valence-corrected chi connectivity index (χ0v) is 40.0. The first-order valence-electron chi connectivity index (χ1n) is 23.5. The molecule has 13 heteroatoms. The van der Waals surface area contributed by atoms with E-state index in [0.717, 1.165) is 37.6 Å². The van der Waals surface area contributed by atoms with Gasteiger partial charge in [0, 0.05) is 30.1 Å². The summed E-state index contributed by atoms with van der Waals surface area (Å²) in [5.74, 6) is 3.53. The highest BCUT2D eigenvalue weighted by molar-refractivity contribution is 6.90. The van der Waals surface area contributed by atoms with E-state index < -0.39 is 31.4 Å². The number of fused-ring (bicyclic) bond motifs is 9. The van der Waals surface area contributed by atoms with Crippen LogP contribution in [0.3, 0.4) is 0 Å². The minimum absolute atomic E-state index is 0.0149. The molecule has 1 amide bonds. The number of carbonyl (C=O) groups is 1. The lowest BCUT2D eigenvalue weighted by Gasteiger charge is -2.48. The number of carbonyl (C=O) groups excluding carboxylic acids is 1. The van der Waals surface area contributed by atoms with Crippen LogP contribution in [0.1, 0.15) is 107 Å². The smallest absolute Gasteiger partial charge is 0.410 e. The number of hydrogen-bond donors (Lipinski definition) is 0. The zero-order valence-electron chi connectivity index (χ0n) is 39.0. The molecule has 2 bridgehead atoms. The van der Waals surface area contributed by atoms with E-state index in [1.165, 1.54) is 18.1 Å². The van der Waals surface area contributed by atoms with Crippen LogP contribution in [-0.4, -0.2) is 100 Å². The summed E-state index contributed by atoms with van der Waals surface area (Å²) in [4.78, 5) is 35.5. The van der Waals surface area contributed by atoms with Crippen LogP contribution >= 0.6 is 0 Å². The van der Waals surface area contributed by atoms with E-state index in [1.807, 2.05) is 44.7 Å². The zero-order chi connectivity index (χ0) is 45.4. The molecular formula is C51H62F2N6O4Si. The molecule has 64 heavy (non-hydrogen) atoms. The highest BCUT2D eigenvalue weighted by Gasteiger charge is 2.62. The monoisotopic (exact) mass is 888 g/mol. The van der Waals surface area contributed by atoms with Crippen LogP contribution in [0.25, 0.3) is 32.9 Å². The molecule has 1 saturated carbocycles. The normalized spacial score (nSPS) is 27.1. The number of aromatic nitrogens is 3. The molecule has 7 atom stereocenters. The average Bonchev–Trinajstić information content (AvgIpc) is 3.69. The quantitative estimate of drug-likeness (QED) is 0.102. The van der Waals surface area contributed by atoms with E-state index in [2.05, 4.69) is 69.4 Å². The predicted octanol–water partition coefficient (Wildman–Crippen LogP) is 10.6. The fraction of sp³-hybridized carbons (Fsp3) is 0.569. The van der Waals surface area contributed by atoms with Gasteiger partial charge in [-0.3, -0.25) is 9.80 Å². The van der Waals surface area contributed by atoms with Crippen LogP contribution in [0.5, 0.6) is 11.9 Å². The molecule has 338 valence electrons. The molecule has 4 saturated heterocycles. The predicted molar refractivity (Wildman–Crippen MR) is 249 cm³/mol. The van der Waals surface area contributed by atoms with E-state index in [4.69, 9.17) is 29.2 Å². The van der Waals surface area contributed by atoms with E-state index in [0.29, 0.717) is 63.9 Å². The molecule has 0 spiro atoms. The van der Waals surface area contributed by atoms with Crippen molar-refractivity contribution >= 4 is 41.7 Å². The summed E-state index contributed by atoms with van der Waals surface area (Å²) in [6.07, 6.45) is 3.71. The molecule has 2 aromatic carbocycles. The summed E-state index contributed by atoms with van der Waals surface area (Å²) >= 11 is 0. The van der Waals surface area contributed by atoms with Gasteiger partial charge in [0.25, 0.3) is 0 Å². The lowest BCUT2D eigenvalue weighted by atomic mass is 9.92. The second-order valence-corrected chi connectivity index (χ2v) is 27.2. The van der Waals surface area contributed by atoms with Crippen LogP contribution in [0.2, 0.25) is 16.6 Å². The third kappa shape index (κ3) is 6.70. The summed E-state index contributed by atoms with van der Waals surface area (Å²) in [6, 6.07) is 8.51. The van der Waals surface area contributed by atoms with Crippen molar-refractivity contribution in [2.75, 3.05) is 24.6 Å². The molecule has 6 aliphatic rings. The maximum atomic E-state index is 18.0. The molecule has 5 fully saturated rings. The second kappa shape index (κ2) is 15.1. The molecule has 1 unspecified atom stereocenters. The molecule has 0 N–H and O–H groups in total. The van der Waals surface area contributed by atoms with Crippen molar-refractivity contribution < 1.29 is 27.8 Å². The number of hydrogen-bond acceptors (Lipinski definition) is 9. The summed E-state index contributed by atoms with van der Waals surface area (Å²) in [6.45, 7) is 27.0. The summed E-state index contributed by atoms with van der Waals surface area (Å²) in [5.41, 5.74) is 5.65. The van der Waals surface area contributed by atoms with E-state index in [9.17, 15) is 4.79 Å². The molecular weight excluding hydrogens is 827 g/mol. The van der Waals surface area contributed by atoms with Gasteiger partial charge < -0.3 is 19.1 Å². The van der Waals surface area contributed by atoms with Gasteiger partial charge in [0.15, 0.2) is 5.82 Å². The molecule has 10 rings (SSSR count). The number of piperidine rings is 1. The maximum absolute atomic E-state index is 18.0. The fourth-order valence-electron chi connectivity index (χ4n) is 12.9. The number of pyridine rings is 1. The Hall–Kier alpha value is -4.80. The van der Waals surface area contributed by atoms with Crippen molar-refractivity contribution in [3.63, 3.8) is 0 Å². The van der Waals surface area contributed by atoms with E-state index in [-0.39, 0.29) is 58.4 Å². The molecule has 1 aliphatic carbocycles. The lowest BCUT2D eigenvalue weighted by molar-refractivity contribution is 0.000934. The molecule has 4 aromatic rings. The third-order valence-corrected chi connectivity index (χ3v) is 21.9. The molecule has 2 aromatic heterocycles. The SMILES string of the molecule is C=C1CN2[C@@H]3C[C@@H]3CC2(COc2nc3c4c(nc(-c5cccc6ccc(F)c(C#C[Si](C(C)C)(C(C)C)C(C)C)c56)c(F)c4n2)O[C@@H](C)[C@@H]2[C@@H]4CC[C@H](CN32)N4C(=O)OC(C)(C)C)C1. The third-order valence-electron chi connectivity index (χ3n) is 15.6. The van der Waals surface area contributed by atoms with Gasteiger partial charge in [-0.05, 0) is 93.8 Å². The average molecular weight is 889 g/mol. The topological polar surface area (TPSA) is 93.2 Å². The standard InChI is InChI=1S/C51H62F2N6O4Si/c1-27(2)64(28(3)4,29(5)6)20-19-35-37(52)17-15-32-13-12-14-36(40(32)35)43-42(53)44-41-46(56-48(55-44)61-26-51-22-30(7)24-58(51)39-21-33(39)23-51)57-25-34-16-18-38(45(57)31(8)62-47(41)54-43)59(34)49(60)63-50(9,10)11/h12-15,17,27-29,31,33-34,38-39,45H,7,16,18,21-26H2,1-6,8-11H3/t31-,33+,34+,38-,39+,45+,51?/m0/s1. The van der Waals surface area contributed by atoms with Crippen LogP contribution in [0.15, 0.2) is 42.5 Å². The van der Waals surface area contributed by atoms with Gasteiger partial charge >= 0.3 is 12.1 Å². The molecule has 10 nitrogen and oxygen atoms in total. The number of benzene rings is 2. The highest BCUT2D eigenvalue weighted by atomic mass is 28.3. The van der Waals surface area contributed by atoms with Gasteiger partial charge in [-0.15, -0.1) is 5.54 Å². The van der Waals surface area contributed by atoms with Gasteiger partial charge in [0.05, 0.1) is 29.2 Å². The van der Waals surface area contributed by atoms with Gasteiger partial charge in [-0.25, -0.2) is 18.6 Å². The largest absolute Gasteiger partial charge is 0.472 e. The number of amides is 1. The number of nitrogens with zero attached hydrogens (tertiary/aromatic N) is 6. The first-order chi connectivity index (χ1) is 30.3. The Kier molecular flexibility index (Phi) is 10.2. The van der Waals surface area contributed by atoms with Gasteiger partial charge in [-0.1, -0.05) is 83.9 Å². The van der Waals surface area contributed by atoms with E-state index >= 15 is 8.78 Å². The number of rotatable bonds is 7. The minimum atomic E-state index is -2.29. The van der Waals surface area contributed by atoms with Crippen LogP contribution in [0.4, 0.5) is 19.4 Å². The number of ether oxygens (including phenoxy) is 3. The Labute approximate surface area is 377 Å². The summed E-state index contributed by atoms with van der Waals surface area (Å²) < 4.78 is 53.9. The maximum Gasteiger partial charge on any atom is 0.410 e. The summed E-state index contributed by atoms with van der Waals surface area (Å²) in [5, 5.41) is 1.55. The first-order valence-corrected chi connectivity index (χ1v) is 25.7. The second-order valence-electron chi connectivity index (χ2n) is 21.6. The fourth-order valence-corrected chi connectivity index (χ4v) is 18.1. The van der Waals surface area contributed by atoms with Crippen molar-refractivity contribution in [1.29, 1.82) is 0 Å². The number of halogens is 2. The van der Waals surface area contributed by atoms with Crippen molar-refractivity contribution in [3.05, 3.63) is 59.7 Å². The Balaban J connectivity index is 1.15. The van der Waals surface area contributed by atoms with Crippen molar-refractivity contribution in [2.45, 2.75) is 159 Å². The van der Waals surface area contributed by atoms with Gasteiger partial charge in [-0.2, -0.15) is 9.97 Å². The minimum Gasteiger partial charge on any atom is -0.472 e. The van der Waals surface area contributed by atoms with Crippen molar-refractivity contribution in [1.82, 2.24) is 24.8 Å². The van der Waals surface area contributed by atoms with E-state index in [1.54, 1.807) is 12.1 Å². The Bertz CT molecular complexity index is 2650. The van der Waals surface area contributed by atoms with Crippen LogP contribution < -0.4 is 14.4 Å². The number of piperazine rings is 1. The van der Waals surface area contributed by atoms with Gasteiger partial charge in [0.2, 0.25) is 5.88 Å². The molecule has 0 radical (unpaired) electrons. The molecule has 5 aliphatic heterocycles. The number of anilines is 1. The van der Waals surface area contributed by atoms with Crippen molar-refractivity contribution in [3.8, 4) is 34.6 Å². The van der Waals surface area contributed by atoms with Crippen LogP contribution in [-0.2, 0) is 4.74 Å².